The van der Waals surface area contributed by atoms with Crippen LogP contribution >= 0.6 is 12.4 Å². The Hall–Kier alpha value is -0.891. The molecule has 0 aromatic carbocycles. The summed E-state index contributed by atoms with van der Waals surface area (Å²) in [6.45, 7) is 0. The van der Waals surface area contributed by atoms with Gasteiger partial charge in [-0.2, -0.15) is 0 Å². The van der Waals surface area contributed by atoms with E-state index in [-0.39, 0.29) is 29.5 Å². The maximum atomic E-state index is 4.19. The van der Waals surface area contributed by atoms with Crippen LogP contribution in [0.15, 0.2) is 48.8 Å². The predicted molar refractivity (Wildman–Crippen MR) is 54.7 cm³/mol. The second-order valence-corrected chi connectivity index (χ2v) is 2.43. The molecule has 2 aromatic rings. The van der Waals surface area contributed by atoms with Crippen molar-refractivity contribution in [2.24, 2.45) is 0 Å². The number of aromatic nitrogens is 2. The molecule has 0 atom stereocenters. The van der Waals surface area contributed by atoms with Crippen molar-refractivity contribution in [2.45, 2.75) is 0 Å². The van der Waals surface area contributed by atoms with E-state index in [0.717, 1.165) is 11.4 Å². The minimum absolute atomic E-state index is 0. The van der Waals surface area contributed by atoms with Crippen molar-refractivity contribution in [3.63, 3.8) is 0 Å². The molecule has 0 spiro atoms. The van der Waals surface area contributed by atoms with Gasteiger partial charge in [-0.15, -0.1) is 12.4 Å². The average molecular weight is 256 g/mol. The molecule has 0 saturated heterocycles. The first-order valence-corrected chi connectivity index (χ1v) is 3.79. The van der Waals surface area contributed by atoms with Gasteiger partial charge >= 0.3 is 0 Å². The summed E-state index contributed by atoms with van der Waals surface area (Å²) in [6, 6.07) is 11.6. The second kappa shape index (κ2) is 6.55. The summed E-state index contributed by atoms with van der Waals surface area (Å²) in [4.78, 5) is 8.37. The van der Waals surface area contributed by atoms with Gasteiger partial charge in [-0.05, 0) is 24.3 Å². The van der Waals surface area contributed by atoms with Crippen molar-refractivity contribution in [2.75, 3.05) is 0 Å². The molecule has 0 amide bonds. The quantitative estimate of drug-likeness (QED) is 0.733. The Morgan fingerprint density at radius 1 is 0.714 bits per heavy atom. The largest absolute Gasteiger partial charge is 0.255 e. The van der Waals surface area contributed by atoms with E-state index < -0.39 is 0 Å². The molecule has 77 valence electrons. The van der Waals surface area contributed by atoms with Crippen LogP contribution in [0, 0.1) is 0 Å². The zero-order chi connectivity index (χ0) is 8.23. The molecule has 0 N–H and O–H groups in total. The van der Waals surface area contributed by atoms with Crippen molar-refractivity contribution < 1.29 is 17.1 Å². The van der Waals surface area contributed by atoms with E-state index in [1.807, 2.05) is 36.4 Å². The molecule has 4 heteroatoms. The van der Waals surface area contributed by atoms with Crippen LogP contribution in [0.5, 0.6) is 0 Å². The Bertz CT molecular complexity index is 316. The van der Waals surface area contributed by atoms with Gasteiger partial charge in [0.1, 0.15) is 0 Å². The second-order valence-electron chi connectivity index (χ2n) is 2.43. The maximum Gasteiger partial charge on any atom is 0.0886 e. The minimum atomic E-state index is 0. The Labute approximate surface area is 99.7 Å². The van der Waals surface area contributed by atoms with E-state index in [1.165, 1.54) is 0 Å². The fraction of sp³-hybridized carbons (Fsp3) is 0. The zero-order valence-corrected chi connectivity index (χ0v) is 8.98. The minimum Gasteiger partial charge on any atom is -0.255 e. The predicted octanol–water partition coefficient (Wildman–Crippen LogP) is 2.56. The number of pyridine rings is 2. The van der Waals surface area contributed by atoms with Gasteiger partial charge in [0.2, 0.25) is 0 Å². The molecule has 1 radical (unpaired) electrons. The standard InChI is InChI=1S/C10H8N2.ClH.Cu/c1-3-7-11-9(5-1)10-6-2-4-8-12-10;;/h1-8H;1H;. The number of hydrogen-bond acceptors (Lipinski definition) is 2. The van der Waals surface area contributed by atoms with Gasteiger partial charge in [-0.3, -0.25) is 9.97 Å². The number of halogens is 1. The van der Waals surface area contributed by atoms with Crippen LogP contribution in [0.25, 0.3) is 11.4 Å². The van der Waals surface area contributed by atoms with Gasteiger partial charge < -0.3 is 0 Å². The van der Waals surface area contributed by atoms with Gasteiger partial charge in [-0.25, -0.2) is 0 Å². The van der Waals surface area contributed by atoms with E-state index >= 15 is 0 Å². The normalized spacial score (nSPS) is 8.29. The molecule has 0 bridgehead atoms. The molecule has 2 nitrogen and oxygen atoms in total. The fourth-order valence-corrected chi connectivity index (χ4v) is 1.03. The van der Waals surface area contributed by atoms with Crippen LogP contribution in [0.1, 0.15) is 0 Å². The first kappa shape index (κ1) is 13.1. The van der Waals surface area contributed by atoms with E-state index in [2.05, 4.69) is 9.97 Å². The molecule has 0 aliphatic heterocycles. The van der Waals surface area contributed by atoms with Crippen molar-refractivity contribution in [3.8, 4) is 11.4 Å². The molecular formula is C10H9ClCuN2. The maximum absolute atomic E-state index is 4.19. The summed E-state index contributed by atoms with van der Waals surface area (Å²) in [5, 5.41) is 0. The van der Waals surface area contributed by atoms with E-state index in [4.69, 9.17) is 0 Å². The molecular weight excluding hydrogens is 247 g/mol. The smallest absolute Gasteiger partial charge is 0.0886 e. The number of rotatable bonds is 1. The molecule has 0 fully saturated rings. The summed E-state index contributed by atoms with van der Waals surface area (Å²) >= 11 is 0. The van der Waals surface area contributed by atoms with Gasteiger partial charge in [0.05, 0.1) is 11.4 Å². The van der Waals surface area contributed by atoms with Gasteiger partial charge in [0.15, 0.2) is 0 Å². The molecule has 2 rings (SSSR count). The van der Waals surface area contributed by atoms with Crippen molar-refractivity contribution in [1.29, 1.82) is 0 Å². The molecule has 2 heterocycles. The number of nitrogens with zero attached hydrogens (tertiary/aromatic N) is 2. The summed E-state index contributed by atoms with van der Waals surface area (Å²) in [7, 11) is 0. The van der Waals surface area contributed by atoms with Gasteiger partial charge in [0.25, 0.3) is 0 Å². The van der Waals surface area contributed by atoms with Crippen molar-refractivity contribution in [1.82, 2.24) is 9.97 Å². The number of hydrogen-bond donors (Lipinski definition) is 0. The molecule has 0 aliphatic carbocycles. The third-order valence-corrected chi connectivity index (χ3v) is 1.59. The van der Waals surface area contributed by atoms with Crippen LogP contribution < -0.4 is 0 Å². The third kappa shape index (κ3) is 3.11. The van der Waals surface area contributed by atoms with E-state index in [0.29, 0.717) is 0 Å². The average Bonchev–Trinajstić information content (AvgIpc) is 2.21. The van der Waals surface area contributed by atoms with Crippen LogP contribution in [-0.4, -0.2) is 9.97 Å². The summed E-state index contributed by atoms with van der Waals surface area (Å²) < 4.78 is 0. The van der Waals surface area contributed by atoms with Crippen molar-refractivity contribution in [3.05, 3.63) is 48.8 Å². The third-order valence-electron chi connectivity index (χ3n) is 1.59. The van der Waals surface area contributed by atoms with Crippen LogP contribution in [0.4, 0.5) is 0 Å². The molecule has 0 unspecified atom stereocenters. The summed E-state index contributed by atoms with van der Waals surface area (Å²) in [5.41, 5.74) is 1.83. The summed E-state index contributed by atoms with van der Waals surface area (Å²) in [6.07, 6.45) is 3.54. The Morgan fingerprint density at radius 3 is 1.43 bits per heavy atom. The van der Waals surface area contributed by atoms with Crippen LogP contribution in [-0.2, 0) is 17.1 Å². The molecule has 0 aliphatic rings. The van der Waals surface area contributed by atoms with E-state index in [1.54, 1.807) is 12.4 Å². The van der Waals surface area contributed by atoms with Gasteiger partial charge in [0, 0.05) is 29.5 Å². The monoisotopic (exact) mass is 255 g/mol. The molecule has 14 heavy (non-hydrogen) atoms. The zero-order valence-electron chi connectivity index (χ0n) is 7.22. The van der Waals surface area contributed by atoms with E-state index in [9.17, 15) is 0 Å². The topological polar surface area (TPSA) is 25.8 Å². The Kier molecular flexibility index (Phi) is 6.13. The molecule has 0 saturated carbocycles. The van der Waals surface area contributed by atoms with Crippen molar-refractivity contribution >= 4 is 12.4 Å². The Morgan fingerprint density at radius 2 is 1.14 bits per heavy atom. The SMILES string of the molecule is Cl.[Cu].c1ccc(-c2ccccn2)nc1. The first-order valence-electron chi connectivity index (χ1n) is 3.79. The van der Waals surface area contributed by atoms with Crippen LogP contribution in [0.2, 0.25) is 0 Å². The van der Waals surface area contributed by atoms with Crippen LogP contribution in [0.3, 0.4) is 0 Å². The molecule has 2 aromatic heterocycles. The van der Waals surface area contributed by atoms with Gasteiger partial charge in [-0.1, -0.05) is 12.1 Å². The first-order chi connectivity index (χ1) is 5.97. The summed E-state index contributed by atoms with van der Waals surface area (Å²) in [5.74, 6) is 0. The fourth-order valence-electron chi connectivity index (χ4n) is 1.03. The Balaban J connectivity index is 0.000000845.